The van der Waals surface area contributed by atoms with E-state index in [0.717, 1.165) is 0 Å². The predicted molar refractivity (Wildman–Crippen MR) is 72.4 cm³/mol. The number of rotatable bonds is 5. The zero-order chi connectivity index (χ0) is 14.9. The average Bonchev–Trinajstić information content (AvgIpc) is 2.99. The molecule has 2 atom stereocenters. The highest BCUT2D eigenvalue weighted by Gasteiger charge is 2.43. The lowest BCUT2D eigenvalue weighted by Crippen LogP contribution is -2.40. The molecule has 0 aliphatic heterocycles. The fraction of sp³-hybridized carbons (Fsp3) is 0.667. The number of carbonyl (C=O) groups is 1. The second-order valence-electron chi connectivity index (χ2n) is 5.17. The van der Waals surface area contributed by atoms with Crippen LogP contribution in [0.25, 0.3) is 0 Å². The van der Waals surface area contributed by atoms with E-state index in [-0.39, 0.29) is 6.54 Å². The second-order valence-corrected chi connectivity index (χ2v) is 7.43. The van der Waals surface area contributed by atoms with Crippen LogP contribution in [0.4, 0.5) is 0 Å². The van der Waals surface area contributed by atoms with Gasteiger partial charge in [0.1, 0.15) is 5.82 Å². The van der Waals surface area contributed by atoms with Gasteiger partial charge >= 0.3 is 5.97 Å². The van der Waals surface area contributed by atoms with Crippen LogP contribution in [0, 0.1) is 5.92 Å². The molecular weight excluding hydrogens is 282 g/mol. The lowest BCUT2D eigenvalue weighted by molar-refractivity contribution is -0.141. The Bertz CT molecular complexity index is 596. The molecule has 1 aromatic rings. The van der Waals surface area contributed by atoms with Gasteiger partial charge in [-0.1, -0.05) is 6.42 Å². The van der Waals surface area contributed by atoms with Gasteiger partial charge in [0.15, 0.2) is 0 Å². The summed E-state index contributed by atoms with van der Waals surface area (Å²) in [6.07, 6.45) is 4.81. The van der Waals surface area contributed by atoms with Crippen molar-refractivity contribution in [3.05, 3.63) is 18.2 Å². The summed E-state index contributed by atoms with van der Waals surface area (Å²) < 4.78 is 28.0. The van der Waals surface area contributed by atoms with Crippen molar-refractivity contribution in [2.75, 3.05) is 7.05 Å². The Balaban J connectivity index is 2.17. The topological polar surface area (TPSA) is 92.5 Å². The third-order valence-corrected chi connectivity index (χ3v) is 6.20. The van der Waals surface area contributed by atoms with Gasteiger partial charge in [0.2, 0.25) is 10.0 Å². The quantitative estimate of drug-likeness (QED) is 0.851. The number of nitrogens with zero attached hydrogens (tertiary/aromatic N) is 3. The van der Waals surface area contributed by atoms with E-state index in [0.29, 0.717) is 25.1 Å². The Morgan fingerprint density at radius 3 is 2.80 bits per heavy atom. The lowest BCUT2D eigenvalue weighted by atomic mass is 10.1. The first kappa shape index (κ1) is 15.0. The van der Waals surface area contributed by atoms with Crippen LogP contribution in [-0.4, -0.2) is 45.6 Å². The minimum atomic E-state index is -3.63. The van der Waals surface area contributed by atoms with Gasteiger partial charge < -0.3 is 9.67 Å². The zero-order valence-corrected chi connectivity index (χ0v) is 12.4. The van der Waals surface area contributed by atoms with Gasteiger partial charge in [0.25, 0.3) is 0 Å². The Hall–Kier alpha value is -1.41. The Morgan fingerprint density at radius 2 is 2.25 bits per heavy atom. The zero-order valence-electron chi connectivity index (χ0n) is 11.6. The molecule has 0 spiro atoms. The van der Waals surface area contributed by atoms with Gasteiger partial charge in [-0.15, -0.1) is 0 Å². The fourth-order valence-electron chi connectivity index (χ4n) is 2.63. The summed E-state index contributed by atoms with van der Waals surface area (Å²) in [7, 11) is -0.363. The molecule has 0 saturated heterocycles. The minimum absolute atomic E-state index is 0.147. The van der Waals surface area contributed by atoms with E-state index < -0.39 is 27.2 Å². The number of hydrogen-bond donors (Lipinski definition) is 1. The van der Waals surface area contributed by atoms with Crippen molar-refractivity contribution in [3.63, 3.8) is 0 Å². The lowest BCUT2D eigenvalue weighted by Gasteiger charge is -2.23. The van der Waals surface area contributed by atoms with E-state index in [1.54, 1.807) is 24.0 Å². The molecule has 112 valence electrons. The molecule has 1 fully saturated rings. The van der Waals surface area contributed by atoms with Crippen LogP contribution in [0.15, 0.2) is 12.4 Å². The van der Waals surface area contributed by atoms with Crippen molar-refractivity contribution in [1.82, 2.24) is 13.9 Å². The van der Waals surface area contributed by atoms with E-state index >= 15 is 0 Å². The standard InChI is InChI=1S/C12H19N3O4S/c1-14-7-6-13-11(14)8-15(2)20(18,19)10-5-3-4-9(10)12(16)17/h6-7,9-10H,3-5,8H2,1-2H3,(H,16,17). The largest absolute Gasteiger partial charge is 0.481 e. The number of aromatic nitrogens is 2. The third-order valence-electron chi connectivity index (χ3n) is 3.87. The smallest absolute Gasteiger partial charge is 0.307 e. The molecule has 0 radical (unpaired) electrons. The first-order valence-electron chi connectivity index (χ1n) is 6.48. The van der Waals surface area contributed by atoms with Gasteiger partial charge in [-0.3, -0.25) is 4.79 Å². The van der Waals surface area contributed by atoms with Crippen molar-refractivity contribution in [3.8, 4) is 0 Å². The van der Waals surface area contributed by atoms with Crippen LogP contribution in [0.2, 0.25) is 0 Å². The Morgan fingerprint density at radius 1 is 1.55 bits per heavy atom. The van der Waals surface area contributed by atoms with Gasteiger partial charge in [0.05, 0.1) is 17.7 Å². The number of carboxylic acid groups (broad SMARTS) is 1. The number of aliphatic carboxylic acids is 1. The van der Waals surface area contributed by atoms with Crippen molar-refractivity contribution >= 4 is 16.0 Å². The molecule has 0 bridgehead atoms. The van der Waals surface area contributed by atoms with Gasteiger partial charge in [-0.05, 0) is 12.8 Å². The number of imidazole rings is 1. The van der Waals surface area contributed by atoms with E-state index in [1.807, 2.05) is 0 Å². The number of aryl methyl sites for hydroxylation is 1. The molecule has 1 aromatic heterocycles. The van der Waals surface area contributed by atoms with Crippen LogP contribution >= 0.6 is 0 Å². The molecule has 8 heteroatoms. The molecule has 7 nitrogen and oxygen atoms in total. The van der Waals surface area contributed by atoms with Crippen LogP contribution in [0.5, 0.6) is 0 Å². The Kier molecular flexibility index (Phi) is 4.14. The SMILES string of the molecule is CN(Cc1nccn1C)S(=O)(=O)C1CCCC1C(=O)O. The third kappa shape index (κ3) is 2.71. The van der Waals surface area contributed by atoms with Crippen molar-refractivity contribution in [2.45, 2.75) is 31.1 Å². The van der Waals surface area contributed by atoms with Crippen LogP contribution in [-0.2, 0) is 28.4 Å². The van der Waals surface area contributed by atoms with Crippen molar-refractivity contribution in [1.29, 1.82) is 0 Å². The summed E-state index contributed by atoms with van der Waals surface area (Å²) in [6.45, 7) is 0.147. The number of carboxylic acids is 1. The average molecular weight is 301 g/mol. The van der Waals surface area contributed by atoms with Crippen molar-refractivity contribution < 1.29 is 18.3 Å². The fourth-order valence-corrected chi connectivity index (χ4v) is 4.52. The summed E-state index contributed by atoms with van der Waals surface area (Å²) in [6, 6.07) is 0. The van der Waals surface area contributed by atoms with Gasteiger partial charge in [-0.25, -0.2) is 13.4 Å². The summed E-state index contributed by atoms with van der Waals surface area (Å²) in [4.78, 5) is 15.2. The molecule has 0 amide bonds. The normalized spacial score (nSPS) is 23.4. The monoisotopic (exact) mass is 301 g/mol. The highest BCUT2D eigenvalue weighted by Crippen LogP contribution is 2.33. The molecule has 0 aromatic carbocycles. The molecule has 1 heterocycles. The Labute approximate surface area is 118 Å². The second kappa shape index (κ2) is 5.53. The van der Waals surface area contributed by atoms with E-state index in [1.165, 1.54) is 11.4 Å². The molecule has 1 N–H and O–H groups in total. The van der Waals surface area contributed by atoms with E-state index in [9.17, 15) is 13.2 Å². The first-order valence-corrected chi connectivity index (χ1v) is 7.98. The summed E-state index contributed by atoms with van der Waals surface area (Å²) in [5, 5.41) is 8.30. The maximum atomic E-state index is 12.5. The number of sulfonamides is 1. The first-order chi connectivity index (χ1) is 9.34. The highest BCUT2D eigenvalue weighted by molar-refractivity contribution is 7.89. The van der Waals surface area contributed by atoms with Crippen LogP contribution in [0.1, 0.15) is 25.1 Å². The van der Waals surface area contributed by atoms with E-state index in [4.69, 9.17) is 5.11 Å². The molecule has 20 heavy (non-hydrogen) atoms. The summed E-state index contributed by atoms with van der Waals surface area (Å²) in [5.41, 5.74) is 0. The minimum Gasteiger partial charge on any atom is -0.481 e. The van der Waals surface area contributed by atoms with E-state index in [2.05, 4.69) is 4.98 Å². The molecule has 1 aliphatic rings. The van der Waals surface area contributed by atoms with Crippen LogP contribution < -0.4 is 0 Å². The maximum absolute atomic E-state index is 12.5. The molecule has 2 unspecified atom stereocenters. The van der Waals surface area contributed by atoms with Crippen LogP contribution in [0.3, 0.4) is 0 Å². The summed E-state index contributed by atoms with van der Waals surface area (Å²) >= 11 is 0. The van der Waals surface area contributed by atoms with Gasteiger partial charge in [-0.2, -0.15) is 4.31 Å². The molecular formula is C12H19N3O4S. The van der Waals surface area contributed by atoms with Gasteiger partial charge in [0, 0.05) is 26.5 Å². The predicted octanol–water partition coefficient (Wildman–Crippen LogP) is 0.435. The summed E-state index contributed by atoms with van der Waals surface area (Å²) in [5.74, 6) is -1.20. The molecule has 2 rings (SSSR count). The molecule has 1 aliphatic carbocycles. The highest BCUT2D eigenvalue weighted by atomic mass is 32.2. The maximum Gasteiger partial charge on any atom is 0.307 e. The van der Waals surface area contributed by atoms with Crippen molar-refractivity contribution in [2.24, 2.45) is 13.0 Å². The number of hydrogen-bond acceptors (Lipinski definition) is 4. The molecule has 1 saturated carbocycles.